The minimum atomic E-state index is -1.06. The smallest absolute Gasteiger partial charge is 0.328 e. The fraction of sp³-hybridized carbons (Fsp3) is 0.375. The number of hydrogen-bond acceptors (Lipinski definition) is 7. The van der Waals surface area contributed by atoms with Crippen molar-refractivity contribution in [3.05, 3.63) is 29.5 Å². The highest BCUT2D eigenvalue weighted by atomic mass is 16.5. The van der Waals surface area contributed by atoms with Gasteiger partial charge >= 0.3 is 11.9 Å². The molecule has 0 spiro atoms. The van der Waals surface area contributed by atoms with Crippen LogP contribution < -0.4 is 5.32 Å². The third kappa shape index (κ3) is 6.57. The first kappa shape index (κ1) is 19.3. The third-order valence-electron chi connectivity index (χ3n) is 3.03. The number of nitrogens with one attached hydrogen (secondary N) is 1. The van der Waals surface area contributed by atoms with E-state index in [9.17, 15) is 14.4 Å². The molecule has 0 bridgehead atoms. The predicted octanol–water partition coefficient (Wildman–Crippen LogP) is 0.785. The van der Waals surface area contributed by atoms with Crippen molar-refractivity contribution in [3.8, 4) is 0 Å². The van der Waals surface area contributed by atoms with Gasteiger partial charge in [-0.3, -0.25) is 9.69 Å². The minimum Gasteiger partial charge on any atom is -0.478 e. The maximum atomic E-state index is 11.6. The summed E-state index contributed by atoms with van der Waals surface area (Å²) in [4.78, 5) is 38.9. The number of aromatic nitrogens is 1. The van der Waals surface area contributed by atoms with Gasteiger partial charge < -0.3 is 20.0 Å². The van der Waals surface area contributed by atoms with Crippen LogP contribution in [0.3, 0.4) is 0 Å². The van der Waals surface area contributed by atoms with E-state index in [4.69, 9.17) is 9.84 Å². The van der Waals surface area contributed by atoms with E-state index in [2.05, 4.69) is 10.3 Å². The standard InChI is InChI=1S/C16H21N3O5/c1-3-24-15(23)11-19(6-7-20)10-13-8-12(4-5-14(21)22)9-18-16(13)17-2/h4-5,7-9H,3,6,10-11H2,1-2H3,(H,17,18)(H,21,22)/b5-4+. The molecule has 0 atom stereocenters. The van der Waals surface area contributed by atoms with Crippen LogP contribution in [0.25, 0.3) is 6.08 Å². The summed E-state index contributed by atoms with van der Waals surface area (Å²) in [7, 11) is 1.70. The van der Waals surface area contributed by atoms with Crippen LogP contribution in [-0.4, -0.2) is 60.0 Å². The monoisotopic (exact) mass is 335 g/mol. The summed E-state index contributed by atoms with van der Waals surface area (Å²) in [5.41, 5.74) is 1.34. The third-order valence-corrected chi connectivity index (χ3v) is 3.03. The van der Waals surface area contributed by atoms with Crippen LogP contribution in [-0.2, 0) is 25.7 Å². The lowest BCUT2D eigenvalue weighted by molar-refractivity contribution is -0.144. The van der Waals surface area contributed by atoms with Crippen LogP contribution in [0.5, 0.6) is 0 Å². The highest BCUT2D eigenvalue weighted by Crippen LogP contribution is 2.17. The second-order valence-electron chi connectivity index (χ2n) is 4.84. The van der Waals surface area contributed by atoms with E-state index in [0.29, 0.717) is 17.7 Å². The Labute approximate surface area is 140 Å². The molecule has 130 valence electrons. The first-order valence-electron chi connectivity index (χ1n) is 7.39. The molecule has 0 amide bonds. The van der Waals surface area contributed by atoms with Crippen LogP contribution in [0.15, 0.2) is 18.3 Å². The summed E-state index contributed by atoms with van der Waals surface area (Å²) in [5, 5.41) is 11.6. The number of anilines is 1. The molecule has 0 aliphatic rings. The molecule has 0 saturated carbocycles. The number of esters is 1. The first-order valence-corrected chi connectivity index (χ1v) is 7.39. The molecule has 0 aromatic carbocycles. The number of aldehydes is 1. The molecule has 0 unspecified atom stereocenters. The summed E-state index contributed by atoms with van der Waals surface area (Å²) in [6.45, 7) is 2.31. The van der Waals surface area contributed by atoms with Crippen molar-refractivity contribution in [3.63, 3.8) is 0 Å². The van der Waals surface area contributed by atoms with E-state index >= 15 is 0 Å². The minimum absolute atomic E-state index is 0.0229. The normalized spacial score (nSPS) is 10.8. The second-order valence-corrected chi connectivity index (χ2v) is 4.84. The van der Waals surface area contributed by atoms with E-state index < -0.39 is 11.9 Å². The Kier molecular flexibility index (Phi) is 8.14. The maximum Gasteiger partial charge on any atom is 0.328 e. The highest BCUT2D eigenvalue weighted by Gasteiger charge is 2.14. The van der Waals surface area contributed by atoms with Gasteiger partial charge in [-0.25, -0.2) is 9.78 Å². The zero-order valence-electron chi connectivity index (χ0n) is 13.7. The molecule has 1 aromatic rings. The van der Waals surface area contributed by atoms with Crippen LogP contribution in [0.2, 0.25) is 0 Å². The molecule has 1 heterocycles. The van der Waals surface area contributed by atoms with Crippen LogP contribution >= 0.6 is 0 Å². The number of carboxylic acids is 1. The molecule has 8 heteroatoms. The van der Waals surface area contributed by atoms with Crippen molar-refractivity contribution in [1.82, 2.24) is 9.88 Å². The Balaban J connectivity index is 2.98. The Morgan fingerprint density at radius 3 is 2.79 bits per heavy atom. The molecule has 0 aliphatic heterocycles. The average molecular weight is 335 g/mol. The van der Waals surface area contributed by atoms with Crippen molar-refractivity contribution < 1.29 is 24.2 Å². The lowest BCUT2D eigenvalue weighted by Crippen LogP contribution is -2.32. The van der Waals surface area contributed by atoms with Crippen LogP contribution in [0.4, 0.5) is 5.82 Å². The van der Waals surface area contributed by atoms with Gasteiger partial charge in [-0.2, -0.15) is 0 Å². The van der Waals surface area contributed by atoms with E-state index in [0.717, 1.165) is 11.6 Å². The number of pyridine rings is 1. The number of nitrogens with zero attached hydrogens (tertiary/aromatic N) is 2. The lowest BCUT2D eigenvalue weighted by atomic mass is 10.1. The molecule has 2 N–H and O–H groups in total. The SMILES string of the molecule is CCOC(=O)CN(CC=O)Cc1cc(/C=C/C(=O)O)cnc1NC. The second kappa shape index (κ2) is 10.1. The van der Waals surface area contributed by atoms with Crippen LogP contribution in [0, 0.1) is 0 Å². The molecule has 8 nitrogen and oxygen atoms in total. The molecule has 1 rings (SSSR count). The van der Waals surface area contributed by atoms with Crippen molar-refractivity contribution in [1.29, 1.82) is 0 Å². The zero-order valence-corrected chi connectivity index (χ0v) is 13.7. The summed E-state index contributed by atoms with van der Waals surface area (Å²) >= 11 is 0. The number of aliphatic carboxylic acids is 1. The topological polar surface area (TPSA) is 109 Å². The van der Waals surface area contributed by atoms with Gasteiger partial charge in [-0.05, 0) is 24.6 Å². The molecule has 1 aromatic heterocycles. The Bertz CT molecular complexity index is 616. The summed E-state index contributed by atoms with van der Waals surface area (Å²) < 4.78 is 4.90. The molecule has 0 saturated heterocycles. The predicted molar refractivity (Wildman–Crippen MR) is 88.4 cm³/mol. The van der Waals surface area contributed by atoms with Gasteiger partial charge in [0, 0.05) is 31.4 Å². The summed E-state index contributed by atoms with van der Waals surface area (Å²) in [6.07, 6.45) is 4.68. The van der Waals surface area contributed by atoms with Gasteiger partial charge in [-0.15, -0.1) is 0 Å². The number of hydrogen-bond donors (Lipinski definition) is 2. The summed E-state index contributed by atoms with van der Waals surface area (Å²) in [6, 6.07) is 1.75. The lowest BCUT2D eigenvalue weighted by Gasteiger charge is -2.20. The van der Waals surface area contributed by atoms with E-state index in [-0.39, 0.29) is 26.2 Å². The van der Waals surface area contributed by atoms with Gasteiger partial charge in [0.2, 0.25) is 0 Å². The first-order chi connectivity index (χ1) is 11.5. The van der Waals surface area contributed by atoms with E-state index in [1.165, 1.54) is 12.3 Å². The Morgan fingerprint density at radius 2 is 2.21 bits per heavy atom. The summed E-state index contributed by atoms with van der Waals surface area (Å²) in [5.74, 6) is -0.887. The fourth-order valence-corrected chi connectivity index (χ4v) is 2.05. The molecular formula is C16H21N3O5. The van der Waals surface area contributed by atoms with E-state index in [1.807, 2.05) is 0 Å². The number of carbonyl (C=O) groups is 3. The highest BCUT2D eigenvalue weighted by molar-refractivity contribution is 5.85. The maximum absolute atomic E-state index is 11.6. The molecule has 24 heavy (non-hydrogen) atoms. The molecular weight excluding hydrogens is 314 g/mol. The van der Waals surface area contributed by atoms with Gasteiger partial charge in [0.25, 0.3) is 0 Å². The van der Waals surface area contributed by atoms with Crippen LogP contribution in [0.1, 0.15) is 18.1 Å². The van der Waals surface area contributed by atoms with Crippen molar-refractivity contribution in [2.75, 3.05) is 32.1 Å². The van der Waals surface area contributed by atoms with Gasteiger partial charge in [0.05, 0.1) is 19.7 Å². The van der Waals surface area contributed by atoms with Crippen molar-refractivity contribution >= 4 is 30.1 Å². The number of rotatable bonds is 10. The average Bonchev–Trinajstić information content (AvgIpc) is 2.53. The molecule has 0 fully saturated rings. The number of carbonyl (C=O) groups excluding carboxylic acids is 2. The van der Waals surface area contributed by atoms with E-state index in [1.54, 1.807) is 24.9 Å². The van der Waals surface area contributed by atoms with Gasteiger partial charge in [0.15, 0.2) is 0 Å². The largest absolute Gasteiger partial charge is 0.478 e. The molecule has 0 radical (unpaired) electrons. The Morgan fingerprint density at radius 1 is 1.46 bits per heavy atom. The molecule has 0 aliphatic carbocycles. The quantitative estimate of drug-likeness (QED) is 0.367. The van der Waals surface area contributed by atoms with Gasteiger partial charge in [-0.1, -0.05) is 0 Å². The number of ether oxygens (including phenoxy) is 1. The van der Waals surface area contributed by atoms with Crippen molar-refractivity contribution in [2.45, 2.75) is 13.5 Å². The van der Waals surface area contributed by atoms with Gasteiger partial charge in [0.1, 0.15) is 12.1 Å². The Hall–Kier alpha value is -2.74. The van der Waals surface area contributed by atoms with Crippen molar-refractivity contribution in [2.24, 2.45) is 0 Å². The zero-order chi connectivity index (χ0) is 17.9. The fourth-order valence-electron chi connectivity index (χ4n) is 2.05. The number of carboxylic acid groups (broad SMARTS) is 1.